The first-order valence-electron chi connectivity index (χ1n) is 7.86. The Kier molecular flexibility index (Phi) is 7.47. The van der Waals surface area contributed by atoms with E-state index in [0.29, 0.717) is 21.1 Å². The zero-order chi connectivity index (χ0) is 19.1. The smallest absolute Gasteiger partial charge is 0.329 e. The summed E-state index contributed by atoms with van der Waals surface area (Å²) in [5.41, 5.74) is 1.35. The lowest BCUT2D eigenvalue weighted by Gasteiger charge is -2.18. The zero-order valence-electron chi connectivity index (χ0n) is 14.0. The molecule has 0 heterocycles. The fourth-order valence-corrected chi connectivity index (χ4v) is 3.44. The predicted octanol–water partition coefficient (Wildman–Crippen LogP) is 4.21. The number of rotatable bonds is 6. The second-order valence-electron chi connectivity index (χ2n) is 5.38. The number of aromatic hydroxyl groups is 1. The van der Waals surface area contributed by atoms with Gasteiger partial charge in [-0.3, -0.25) is 0 Å². The third kappa shape index (κ3) is 5.74. The molecule has 0 aliphatic rings. The first kappa shape index (κ1) is 20.3. The van der Waals surface area contributed by atoms with Crippen LogP contribution in [0.4, 0.5) is 10.5 Å². The number of benzene rings is 2. The number of phenols is 1. The van der Waals surface area contributed by atoms with Crippen LogP contribution in [0.25, 0.3) is 0 Å². The topological polar surface area (TPSA) is 87.7 Å². The van der Waals surface area contributed by atoms with E-state index in [9.17, 15) is 14.7 Å². The number of esters is 1. The molecule has 0 aromatic heterocycles. The lowest BCUT2D eigenvalue weighted by molar-refractivity contribution is -0.145. The molecular formula is C18H18Br2N2O4. The number of carbonyl (C=O) groups excluding carboxylic acids is 2. The van der Waals surface area contributed by atoms with Crippen molar-refractivity contribution in [2.24, 2.45) is 0 Å². The molecule has 0 spiro atoms. The Balaban J connectivity index is 2.09. The molecule has 6 nitrogen and oxygen atoms in total. The van der Waals surface area contributed by atoms with Gasteiger partial charge < -0.3 is 20.5 Å². The van der Waals surface area contributed by atoms with Crippen LogP contribution in [0.3, 0.4) is 0 Å². The molecule has 2 rings (SSSR count). The molecular weight excluding hydrogens is 468 g/mol. The highest BCUT2D eigenvalue weighted by Gasteiger charge is 2.22. The number of hydrogen-bond donors (Lipinski definition) is 3. The monoisotopic (exact) mass is 484 g/mol. The second-order valence-corrected chi connectivity index (χ2v) is 7.09. The molecule has 0 fully saturated rings. The van der Waals surface area contributed by atoms with Gasteiger partial charge in [-0.15, -0.1) is 0 Å². The third-order valence-corrected chi connectivity index (χ3v) is 4.64. The number of anilines is 1. The molecule has 0 saturated carbocycles. The molecule has 2 aromatic carbocycles. The average Bonchev–Trinajstić information content (AvgIpc) is 2.60. The zero-order valence-corrected chi connectivity index (χ0v) is 17.1. The molecule has 26 heavy (non-hydrogen) atoms. The average molecular weight is 486 g/mol. The van der Waals surface area contributed by atoms with Crippen molar-refractivity contribution in [1.82, 2.24) is 5.32 Å². The van der Waals surface area contributed by atoms with Gasteiger partial charge in [0.1, 0.15) is 11.8 Å². The van der Waals surface area contributed by atoms with Gasteiger partial charge in [0.2, 0.25) is 0 Å². The number of hydrogen-bond acceptors (Lipinski definition) is 4. The van der Waals surface area contributed by atoms with Gasteiger partial charge in [0.25, 0.3) is 0 Å². The third-order valence-electron chi connectivity index (χ3n) is 3.43. The number of phenolic OH excluding ortho intramolecular Hbond substituents is 1. The maximum atomic E-state index is 12.3. The summed E-state index contributed by atoms with van der Waals surface area (Å²) < 4.78 is 5.90. The van der Waals surface area contributed by atoms with Crippen molar-refractivity contribution >= 4 is 49.5 Å². The Labute approximate surface area is 168 Å². The van der Waals surface area contributed by atoms with E-state index in [1.54, 1.807) is 19.1 Å². The summed E-state index contributed by atoms with van der Waals surface area (Å²) >= 11 is 6.40. The van der Waals surface area contributed by atoms with E-state index in [-0.39, 0.29) is 12.4 Å². The van der Waals surface area contributed by atoms with Gasteiger partial charge in [-0.05, 0) is 56.5 Å². The van der Waals surface area contributed by atoms with E-state index in [1.165, 1.54) is 0 Å². The number of nitrogens with one attached hydrogen (secondary N) is 2. The van der Waals surface area contributed by atoms with Crippen LogP contribution >= 0.6 is 31.9 Å². The van der Waals surface area contributed by atoms with Crippen molar-refractivity contribution in [2.45, 2.75) is 19.4 Å². The molecule has 3 N–H and O–H groups in total. The number of urea groups is 1. The highest BCUT2D eigenvalue weighted by atomic mass is 79.9. The van der Waals surface area contributed by atoms with E-state index in [4.69, 9.17) is 4.74 Å². The van der Waals surface area contributed by atoms with Crippen molar-refractivity contribution < 1.29 is 19.4 Å². The summed E-state index contributed by atoms with van der Waals surface area (Å²) in [6.07, 6.45) is 0.316. The minimum atomic E-state index is -0.818. The molecule has 0 radical (unpaired) electrons. The number of halogens is 2. The van der Waals surface area contributed by atoms with Crippen LogP contribution < -0.4 is 10.6 Å². The maximum Gasteiger partial charge on any atom is 0.329 e. The van der Waals surface area contributed by atoms with Crippen molar-refractivity contribution in [3.63, 3.8) is 0 Å². The lowest BCUT2D eigenvalue weighted by Crippen LogP contribution is -2.45. The van der Waals surface area contributed by atoms with Crippen LogP contribution in [0.5, 0.6) is 5.75 Å². The van der Waals surface area contributed by atoms with Crippen LogP contribution in [0.15, 0.2) is 51.4 Å². The summed E-state index contributed by atoms with van der Waals surface area (Å²) in [5, 5.41) is 15.0. The number of amides is 2. The summed E-state index contributed by atoms with van der Waals surface area (Å²) in [6, 6.07) is 11.1. The minimum Gasteiger partial charge on any atom is -0.506 e. The van der Waals surface area contributed by atoms with E-state index in [0.717, 1.165) is 5.56 Å². The van der Waals surface area contributed by atoms with Crippen molar-refractivity contribution in [1.29, 1.82) is 0 Å². The second kappa shape index (κ2) is 9.59. The Morgan fingerprint density at radius 3 is 2.35 bits per heavy atom. The highest BCUT2D eigenvalue weighted by molar-refractivity contribution is 9.11. The van der Waals surface area contributed by atoms with E-state index < -0.39 is 18.0 Å². The van der Waals surface area contributed by atoms with Gasteiger partial charge in [0.05, 0.1) is 15.6 Å². The standard InChI is InChI=1S/C18H18Br2N2O4/c1-2-26-17(24)15(8-11-6-4-3-5-7-11)22-18(25)21-12-9-13(19)16(23)14(20)10-12/h3-7,9-10,15,23H,2,8H2,1H3,(H2,21,22,25). The van der Waals surface area contributed by atoms with E-state index in [1.807, 2.05) is 30.3 Å². The molecule has 1 atom stereocenters. The van der Waals surface area contributed by atoms with Gasteiger partial charge >= 0.3 is 12.0 Å². The molecule has 2 aromatic rings. The van der Waals surface area contributed by atoms with Gasteiger partial charge in [-0.1, -0.05) is 30.3 Å². The van der Waals surface area contributed by atoms with Crippen LogP contribution in [-0.2, 0) is 16.0 Å². The normalized spacial score (nSPS) is 11.5. The van der Waals surface area contributed by atoms with Crippen LogP contribution in [0.1, 0.15) is 12.5 Å². The fraction of sp³-hybridized carbons (Fsp3) is 0.222. The van der Waals surface area contributed by atoms with Crippen LogP contribution in [0.2, 0.25) is 0 Å². The quantitative estimate of drug-likeness (QED) is 0.422. The molecule has 0 aliphatic carbocycles. The molecule has 0 aliphatic heterocycles. The Morgan fingerprint density at radius 2 is 1.77 bits per heavy atom. The predicted molar refractivity (Wildman–Crippen MR) is 106 cm³/mol. The summed E-state index contributed by atoms with van der Waals surface area (Å²) in [5.74, 6) is -0.469. The van der Waals surface area contributed by atoms with Gasteiger partial charge in [-0.2, -0.15) is 0 Å². The number of ether oxygens (including phenoxy) is 1. The number of carbonyl (C=O) groups is 2. The molecule has 0 saturated heterocycles. The molecule has 1 unspecified atom stereocenters. The van der Waals surface area contributed by atoms with Crippen molar-refractivity contribution in [3.8, 4) is 5.75 Å². The molecule has 8 heteroatoms. The van der Waals surface area contributed by atoms with Crippen LogP contribution in [0, 0.1) is 0 Å². The Bertz CT molecular complexity index is 761. The Morgan fingerprint density at radius 1 is 1.15 bits per heavy atom. The minimum absolute atomic E-state index is 0.0319. The Hall–Kier alpha value is -2.06. The largest absolute Gasteiger partial charge is 0.506 e. The summed E-state index contributed by atoms with van der Waals surface area (Å²) in [7, 11) is 0. The van der Waals surface area contributed by atoms with Gasteiger partial charge in [0.15, 0.2) is 0 Å². The highest BCUT2D eigenvalue weighted by Crippen LogP contribution is 2.35. The molecule has 2 amide bonds. The SMILES string of the molecule is CCOC(=O)C(Cc1ccccc1)NC(=O)Nc1cc(Br)c(O)c(Br)c1. The lowest BCUT2D eigenvalue weighted by atomic mass is 10.1. The molecule has 138 valence electrons. The van der Waals surface area contributed by atoms with Crippen LogP contribution in [-0.4, -0.2) is 29.8 Å². The summed E-state index contributed by atoms with van der Waals surface area (Å²) in [6.45, 7) is 1.94. The van der Waals surface area contributed by atoms with E-state index >= 15 is 0 Å². The van der Waals surface area contributed by atoms with Crippen molar-refractivity contribution in [3.05, 3.63) is 57.0 Å². The fourth-order valence-electron chi connectivity index (χ4n) is 2.25. The first-order chi connectivity index (χ1) is 12.4. The molecule has 0 bridgehead atoms. The summed E-state index contributed by atoms with van der Waals surface area (Å²) in [4.78, 5) is 24.5. The first-order valence-corrected chi connectivity index (χ1v) is 9.45. The van der Waals surface area contributed by atoms with E-state index in [2.05, 4.69) is 42.5 Å². The van der Waals surface area contributed by atoms with Gasteiger partial charge in [-0.25, -0.2) is 9.59 Å². The van der Waals surface area contributed by atoms with Gasteiger partial charge in [0, 0.05) is 12.1 Å². The maximum absolute atomic E-state index is 12.3. The van der Waals surface area contributed by atoms with Crippen molar-refractivity contribution in [2.75, 3.05) is 11.9 Å².